The van der Waals surface area contributed by atoms with Gasteiger partial charge in [-0.25, -0.2) is 9.07 Å². The molecule has 0 bridgehead atoms. The van der Waals surface area contributed by atoms with Crippen LogP contribution in [0.3, 0.4) is 0 Å². The van der Waals surface area contributed by atoms with Gasteiger partial charge in [-0.2, -0.15) is 4.98 Å². The minimum Gasteiger partial charge on any atom is -0.497 e. The topological polar surface area (TPSA) is 85.1 Å². The van der Waals surface area contributed by atoms with Crippen molar-refractivity contribution in [3.63, 3.8) is 0 Å². The van der Waals surface area contributed by atoms with Gasteiger partial charge in [-0.15, -0.1) is 5.10 Å². The number of pyridine rings is 1. The first-order chi connectivity index (χ1) is 12.9. The molecule has 27 heavy (non-hydrogen) atoms. The molecule has 0 spiro atoms. The summed E-state index contributed by atoms with van der Waals surface area (Å²) in [5, 5.41) is 17.1. The number of aliphatic hydroxyl groups excluding tert-OH is 1. The molecule has 3 aromatic rings. The van der Waals surface area contributed by atoms with Crippen LogP contribution in [0.5, 0.6) is 5.75 Å². The molecule has 0 aliphatic carbocycles. The number of benzene rings is 1. The summed E-state index contributed by atoms with van der Waals surface area (Å²) >= 11 is 0. The third kappa shape index (κ3) is 4.79. The van der Waals surface area contributed by atoms with E-state index >= 15 is 0 Å². The van der Waals surface area contributed by atoms with Gasteiger partial charge in [0.05, 0.1) is 13.2 Å². The number of aromatic nitrogens is 4. The highest BCUT2D eigenvalue weighted by Gasteiger charge is 2.14. The van der Waals surface area contributed by atoms with Crippen molar-refractivity contribution in [3.8, 4) is 17.1 Å². The third-order valence-electron chi connectivity index (χ3n) is 3.95. The van der Waals surface area contributed by atoms with Crippen LogP contribution in [0.1, 0.15) is 19.0 Å². The number of aliphatic hydroxyl groups is 1. The second-order valence-electron chi connectivity index (χ2n) is 6.31. The molecule has 0 unspecified atom stereocenters. The number of methoxy groups -OCH3 is 1. The molecule has 0 amide bonds. The lowest BCUT2D eigenvalue weighted by atomic mass is 10.2. The van der Waals surface area contributed by atoms with Crippen molar-refractivity contribution in [2.45, 2.75) is 32.9 Å². The van der Waals surface area contributed by atoms with Crippen LogP contribution in [-0.2, 0) is 6.54 Å². The Morgan fingerprint density at radius 2 is 2.11 bits per heavy atom. The first kappa shape index (κ1) is 18.8. The summed E-state index contributed by atoms with van der Waals surface area (Å²) in [5.74, 6) is 0.955. The predicted octanol–water partition coefficient (Wildman–Crippen LogP) is 3.31. The van der Waals surface area contributed by atoms with Crippen molar-refractivity contribution in [2.75, 3.05) is 12.4 Å². The van der Waals surface area contributed by atoms with Gasteiger partial charge in [-0.1, -0.05) is 0 Å². The van der Waals surface area contributed by atoms with Crippen LogP contribution in [0.25, 0.3) is 11.4 Å². The summed E-state index contributed by atoms with van der Waals surface area (Å²) in [5.41, 5.74) is 2.21. The van der Waals surface area contributed by atoms with E-state index in [2.05, 4.69) is 20.4 Å². The lowest BCUT2D eigenvalue weighted by Crippen LogP contribution is -2.09. The number of hydrogen-bond donors (Lipinski definition) is 2. The Bertz CT molecular complexity index is 926. The van der Waals surface area contributed by atoms with E-state index in [0.29, 0.717) is 36.2 Å². The molecule has 2 N–H and O–H groups in total. The summed E-state index contributed by atoms with van der Waals surface area (Å²) in [7, 11) is 1.48. The maximum Gasteiger partial charge on any atom is 0.247 e. The number of nitrogens with one attached hydrogen (secondary N) is 1. The van der Waals surface area contributed by atoms with E-state index in [0.717, 1.165) is 11.3 Å². The lowest BCUT2D eigenvalue weighted by molar-refractivity contribution is 0.176. The van der Waals surface area contributed by atoms with Crippen LogP contribution in [0, 0.1) is 12.7 Å². The Morgan fingerprint density at radius 1 is 1.30 bits per heavy atom. The molecule has 7 nitrogen and oxygen atoms in total. The van der Waals surface area contributed by atoms with Crippen molar-refractivity contribution in [1.82, 2.24) is 19.7 Å². The van der Waals surface area contributed by atoms with Crippen molar-refractivity contribution < 1.29 is 14.2 Å². The molecule has 8 heteroatoms. The average Bonchev–Trinajstić information content (AvgIpc) is 3.02. The van der Waals surface area contributed by atoms with Crippen molar-refractivity contribution in [1.29, 1.82) is 0 Å². The predicted molar refractivity (Wildman–Crippen MR) is 101 cm³/mol. The Labute approximate surface area is 156 Å². The van der Waals surface area contributed by atoms with Gasteiger partial charge in [0.2, 0.25) is 5.95 Å². The van der Waals surface area contributed by atoms with E-state index in [-0.39, 0.29) is 0 Å². The molecule has 0 saturated carbocycles. The molecule has 0 fully saturated rings. The Kier molecular flexibility index (Phi) is 5.66. The minimum absolute atomic E-state index is 0.331. The van der Waals surface area contributed by atoms with Crippen LogP contribution in [0.15, 0.2) is 36.5 Å². The minimum atomic E-state index is -0.454. The molecule has 1 atom stereocenters. The number of nitrogens with zero attached hydrogens (tertiary/aromatic N) is 4. The van der Waals surface area contributed by atoms with Crippen molar-refractivity contribution in [3.05, 3.63) is 48.0 Å². The fourth-order valence-corrected chi connectivity index (χ4v) is 2.64. The van der Waals surface area contributed by atoms with Gasteiger partial charge in [0.15, 0.2) is 5.82 Å². The second-order valence-corrected chi connectivity index (χ2v) is 6.31. The van der Waals surface area contributed by atoms with Crippen molar-refractivity contribution in [2.24, 2.45) is 0 Å². The molecule has 0 radical (unpaired) electrons. The normalized spacial score (nSPS) is 12.0. The number of rotatable bonds is 7. The molecule has 142 valence electrons. The average molecular weight is 371 g/mol. The van der Waals surface area contributed by atoms with Gasteiger partial charge in [0.25, 0.3) is 0 Å². The first-order valence-corrected chi connectivity index (χ1v) is 8.62. The first-order valence-electron chi connectivity index (χ1n) is 8.62. The monoisotopic (exact) mass is 371 g/mol. The quantitative estimate of drug-likeness (QED) is 0.663. The molecule has 0 aliphatic rings. The van der Waals surface area contributed by atoms with Gasteiger partial charge in [-0.3, -0.25) is 4.98 Å². The summed E-state index contributed by atoms with van der Waals surface area (Å²) in [6, 6.07) is 8.07. The SMILES string of the molecule is COc1cc(F)cc(Nc2nc(-c3ccnc(C)c3)n(CC[C@H](C)O)n2)c1. The van der Waals surface area contributed by atoms with Crippen LogP contribution in [0.2, 0.25) is 0 Å². The number of aryl methyl sites for hydroxylation is 2. The van der Waals surface area contributed by atoms with Gasteiger partial charge >= 0.3 is 0 Å². The van der Waals surface area contributed by atoms with Crippen LogP contribution in [-0.4, -0.2) is 38.1 Å². The summed E-state index contributed by atoms with van der Waals surface area (Å²) in [6.45, 7) is 4.12. The number of ether oxygens (including phenoxy) is 1. The van der Waals surface area contributed by atoms with E-state index in [1.807, 2.05) is 19.1 Å². The third-order valence-corrected chi connectivity index (χ3v) is 3.95. The Balaban J connectivity index is 1.94. The van der Waals surface area contributed by atoms with Crippen LogP contribution < -0.4 is 10.1 Å². The Morgan fingerprint density at radius 3 is 2.81 bits per heavy atom. The molecule has 2 aromatic heterocycles. The standard InChI is InChI=1S/C19H22FN5O2/c1-12-8-14(4-6-21-12)18-23-19(24-25(18)7-5-13(2)26)22-16-9-15(20)10-17(11-16)27-3/h4,6,8-11,13,26H,5,7H2,1-3H3,(H,22,24)/t13-/m0/s1. The van der Waals surface area contributed by atoms with E-state index in [1.165, 1.54) is 19.2 Å². The fraction of sp³-hybridized carbons (Fsp3) is 0.316. The zero-order valence-electron chi connectivity index (χ0n) is 15.5. The fourth-order valence-electron chi connectivity index (χ4n) is 2.64. The highest BCUT2D eigenvalue weighted by Crippen LogP contribution is 2.25. The van der Waals surface area contributed by atoms with Gasteiger partial charge in [0.1, 0.15) is 11.6 Å². The number of anilines is 2. The zero-order chi connectivity index (χ0) is 19.4. The highest BCUT2D eigenvalue weighted by atomic mass is 19.1. The summed E-state index contributed by atoms with van der Waals surface area (Å²) < 4.78 is 20.5. The molecule has 3 rings (SSSR count). The van der Waals surface area contributed by atoms with E-state index in [4.69, 9.17) is 4.74 Å². The lowest BCUT2D eigenvalue weighted by Gasteiger charge is -2.07. The summed E-state index contributed by atoms with van der Waals surface area (Å²) in [6.07, 6.45) is 1.79. The summed E-state index contributed by atoms with van der Waals surface area (Å²) in [4.78, 5) is 8.75. The van der Waals surface area contributed by atoms with Crippen LogP contribution >= 0.6 is 0 Å². The molecular formula is C19H22FN5O2. The Hall–Kier alpha value is -3.00. The maximum absolute atomic E-state index is 13.7. The molecule has 1 aromatic carbocycles. The molecule has 0 aliphatic heterocycles. The largest absolute Gasteiger partial charge is 0.497 e. The van der Waals surface area contributed by atoms with Crippen molar-refractivity contribution >= 4 is 11.6 Å². The zero-order valence-corrected chi connectivity index (χ0v) is 15.5. The number of hydrogen-bond acceptors (Lipinski definition) is 6. The van der Waals surface area contributed by atoms with E-state index in [1.54, 1.807) is 23.9 Å². The van der Waals surface area contributed by atoms with Gasteiger partial charge in [-0.05, 0) is 38.5 Å². The maximum atomic E-state index is 13.7. The number of halogens is 1. The molecular weight excluding hydrogens is 349 g/mol. The van der Waals surface area contributed by atoms with E-state index < -0.39 is 11.9 Å². The highest BCUT2D eigenvalue weighted by molar-refractivity contribution is 5.61. The molecule has 0 saturated heterocycles. The van der Waals surface area contributed by atoms with Gasteiger partial charge < -0.3 is 15.2 Å². The smallest absolute Gasteiger partial charge is 0.247 e. The van der Waals surface area contributed by atoms with E-state index in [9.17, 15) is 9.50 Å². The van der Waals surface area contributed by atoms with Crippen LogP contribution in [0.4, 0.5) is 16.0 Å². The van der Waals surface area contributed by atoms with Gasteiger partial charge in [0, 0.05) is 41.8 Å². The molecule has 2 heterocycles. The second kappa shape index (κ2) is 8.13.